The van der Waals surface area contributed by atoms with Crippen molar-refractivity contribution in [1.82, 2.24) is 0 Å². The molecular formula is C20H26. The third-order valence-electron chi connectivity index (χ3n) is 4.22. The van der Waals surface area contributed by atoms with Crippen LogP contribution in [0.5, 0.6) is 0 Å². The van der Waals surface area contributed by atoms with E-state index in [0.717, 1.165) is 5.92 Å². The van der Waals surface area contributed by atoms with Crippen molar-refractivity contribution >= 4 is 0 Å². The Kier molecular flexibility index (Phi) is 5.86. The summed E-state index contributed by atoms with van der Waals surface area (Å²) in [6.07, 6.45) is 5.02. The van der Waals surface area contributed by atoms with E-state index in [1.165, 1.54) is 36.8 Å². The van der Waals surface area contributed by atoms with Gasteiger partial charge >= 0.3 is 0 Å². The van der Waals surface area contributed by atoms with Gasteiger partial charge in [-0.05, 0) is 48.6 Å². The third kappa shape index (κ3) is 4.52. The van der Waals surface area contributed by atoms with Gasteiger partial charge in [-0.2, -0.15) is 0 Å². The normalized spacial score (nSPS) is 13.9. The number of hydrogen-bond acceptors (Lipinski definition) is 0. The zero-order chi connectivity index (χ0) is 14.2. The van der Waals surface area contributed by atoms with Gasteiger partial charge in [0.15, 0.2) is 0 Å². The largest absolute Gasteiger partial charge is 0.0648 e. The minimum atomic E-state index is 0.710. The Bertz CT molecular complexity index is 472. The summed E-state index contributed by atoms with van der Waals surface area (Å²) in [5.74, 6) is 1.49. The van der Waals surface area contributed by atoms with Gasteiger partial charge in [0.25, 0.3) is 0 Å². The molecule has 0 N–H and O–H groups in total. The molecule has 0 heterocycles. The highest BCUT2D eigenvalue weighted by Crippen LogP contribution is 2.28. The Morgan fingerprint density at radius 1 is 0.850 bits per heavy atom. The van der Waals surface area contributed by atoms with Gasteiger partial charge in [-0.25, -0.2) is 0 Å². The van der Waals surface area contributed by atoms with Crippen LogP contribution in [0, 0.1) is 5.92 Å². The van der Waals surface area contributed by atoms with Gasteiger partial charge < -0.3 is 0 Å². The van der Waals surface area contributed by atoms with Gasteiger partial charge in [0.2, 0.25) is 0 Å². The molecule has 2 rings (SSSR count). The molecule has 0 nitrogen and oxygen atoms in total. The van der Waals surface area contributed by atoms with Crippen molar-refractivity contribution in [1.29, 1.82) is 0 Å². The van der Waals surface area contributed by atoms with Crippen LogP contribution in [0.3, 0.4) is 0 Å². The van der Waals surface area contributed by atoms with Gasteiger partial charge in [0.05, 0.1) is 0 Å². The zero-order valence-corrected chi connectivity index (χ0v) is 12.8. The number of aryl methyl sites for hydroxylation is 1. The van der Waals surface area contributed by atoms with Crippen molar-refractivity contribution in [2.24, 2.45) is 5.92 Å². The van der Waals surface area contributed by atoms with E-state index in [0.29, 0.717) is 5.92 Å². The van der Waals surface area contributed by atoms with Gasteiger partial charge in [0, 0.05) is 0 Å². The van der Waals surface area contributed by atoms with Crippen molar-refractivity contribution in [3.63, 3.8) is 0 Å². The minimum absolute atomic E-state index is 0.710. The van der Waals surface area contributed by atoms with E-state index < -0.39 is 0 Å². The maximum atomic E-state index is 2.40. The first-order valence-corrected chi connectivity index (χ1v) is 7.88. The van der Waals surface area contributed by atoms with Crippen LogP contribution in [0.25, 0.3) is 0 Å². The van der Waals surface area contributed by atoms with Gasteiger partial charge in [-0.3, -0.25) is 0 Å². The van der Waals surface area contributed by atoms with Crippen molar-refractivity contribution < 1.29 is 0 Å². The number of rotatable bonds is 7. The summed E-state index contributed by atoms with van der Waals surface area (Å²) < 4.78 is 0. The molecule has 2 aromatic carbocycles. The number of benzene rings is 2. The van der Waals surface area contributed by atoms with Crippen LogP contribution >= 0.6 is 0 Å². The van der Waals surface area contributed by atoms with Crippen molar-refractivity contribution in [3.8, 4) is 0 Å². The van der Waals surface area contributed by atoms with E-state index in [1.54, 1.807) is 0 Å². The maximum Gasteiger partial charge on any atom is -0.0162 e. The van der Waals surface area contributed by atoms with Crippen LogP contribution in [-0.2, 0) is 6.42 Å². The second-order valence-electron chi connectivity index (χ2n) is 5.88. The first-order chi connectivity index (χ1) is 9.79. The Labute approximate surface area is 123 Å². The molecule has 0 saturated heterocycles. The third-order valence-corrected chi connectivity index (χ3v) is 4.22. The summed E-state index contributed by atoms with van der Waals surface area (Å²) in [5.41, 5.74) is 2.97. The van der Waals surface area contributed by atoms with E-state index in [1.807, 2.05) is 0 Å². The molecule has 0 bridgehead atoms. The second-order valence-corrected chi connectivity index (χ2v) is 5.88. The summed E-state index contributed by atoms with van der Waals surface area (Å²) in [6, 6.07) is 21.8. The fourth-order valence-electron chi connectivity index (χ4n) is 2.92. The highest BCUT2D eigenvalue weighted by Gasteiger charge is 2.13. The zero-order valence-electron chi connectivity index (χ0n) is 12.8. The Morgan fingerprint density at radius 2 is 1.45 bits per heavy atom. The molecule has 0 spiro atoms. The molecule has 0 aliphatic carbocycles. The molecule has 0 aliphatic rings. The molecule has 0 aromatic heterocycles. The van der Waals surface area contributed by atoms with E-state index in [4.69, 9.17) is 0 Å². The topological polar surface area (TPSA) is 0 Å². The lowest BCUT2D eigenvalue weighted by Gasteiger charge is -2.20. The maximum absolute atomic E-state index is 2.40. The van der Waals surface area contributed by atoms with E-state index in [2.05, 4.69) is 74.5 Å². The SMILES string of the molecule is CCC(CC(C)CCc1ccccc1)c1ccccc1. The van der Waals surface area contributed by atoms with E-state index in [-0.39, 0.29) is 0 Å². The fourth-order valence-corrected chi connectivity index (χ4v) is 2.92. The Balaban J connectivity index is 1.85. The molecule has 0 aliphatic heterocycles. The van der Waals surface area contributed by atoms with Gasteiger partial charge in [0.1, 0.15) is 0 Å². The van der Waals surface area contributed by atoms with Crippen molar-refractivity contribution in [2.45, 2.75) is 45.4 Å². The molecule has 0 saturated carbocycles. The lowest BCUT2D eigenvalue weighted by molar-refractivity contribution is 0.432. The molecule has 106 valence electrons. The van der Waals surface area contributed by atoms with E-state index in [9.17, 15) is 0 Å². The smallest absolute Gasteiger partial charge is 0.0162 e. The minimum Gasteiger partial charge on any atom is -0.0648 e. The standard InChI is InChI=1S/C20H26/c1-3-19(20-12-8-5-9-13-20)16-17(2)14-15-18-10-6-4-7-11-18/h4-13,17,19H,3,14-16H2,1-2H3. The first-order valence-electron chi connectivity index (χ1n) is 7.88. The fraction of sp³-hybridized carbons (Fsp3) is 0.400. The second kappa shape index (κ2) is 7.89. The van der Waals surface area contributed by atoms with Crippen LogP contribution in [-0.4, -0.2) is 0 Å². The molecule has 2 atom stereocenters. The average Bonchev–Trinajstić information content (AvgIpc) is 2.52. The van der Waals surface area contributed by atoms with Crippen LogP contribution in [0.2, 0.25) is 0 Å². The van der Waals surface area contributed by atoms with Crippen LogP contribution in [0.4, 0.5) is 0 Å². The summed E-state index contributed by atoms with van der Waals surface area (Å²) >= 11 is 0. The molecule has 0 radical (unpaired) electrons. The first kappa shape index (κ1) is 14.8. The molecule has 0 fully saturated rings. The molecule has 20 heavy (non-hydrogen) atoms. The Morgan fingerprint density at radius 3 is 2.05 bits per heavy atom. The molecule has 0 amide bonds. The summed E-state index contributed by atoms with van der Waals surface area (Å²) in [6.45, 7) is 4.70. The van der Waals surface area contributed by atoms with E-state index >= 15 is 0 Å². The van der Waals surface area contributed by atoms with Crippen LogP contribution in [0.1, 0.15) is 50.2 Å². The van der Waals surface area contributed by atoms with Gasteiger partial charge in [-0.1, -0.05) is 74.5 Å². The molecular weight excluding hydrogens is 240 g/mol. The highest BCUT2D eigenvalue weighted by molar-refractivity contribution is 5.19. The van der Waals surface area contributed by atoms with Crippen LogP contribution in [0.15, 0.2) is 60.7 Å². The van der Waals surface area contributed by atoms with Gasteiger partial charge in [-0.15, -0.1) is 0 Å². The van der Waals surface area contributed by atoms with Crippen molar-refractivity contribution in [2.75, 3.05) is 0 Å². The molecule has 2 unspecified atom stereocenters. The van der Waals surface area contributed by atoms with Crippen LogP contribution < -0.4 is 0 Å². The highest BCUT2D eigenvalue weighted by atomic mass is 14.2. The van der Waals surface area contributed by atoms with Crippen molar-refractivity contribution in [3.05, 3.63) is 71.8 Å². The predicted molar refractivity (Wildman–Crippen MR) is 88.0 cm³/mol. The Hall–Kier alpha value is -1.56. The summed E-state index contributed by atoms with van der Waals surface area (Å²) in [7, 11) is 0. The summed E-state index contributed by atoms with van der Waals surface area (Å²) in [4.78, 5) is 0. The number of hydrogen-bond donors (Lipinski definition) is 0. The monoisotopic (exact) mass is 266 g/mol. The quantitative estimate of drug-likeness (QED) is 0.590. The predicted octanol–water partition coefficient (Wildman–Crippen LogP) is 5.84. The summed E-state index contributed by atoms with van der Waals surface area (Å²) in [5, 5.41) is 0. The lowest BCUT2D eigenvalue weighted by Crippen LogP contribution is -2.05. The average molecular weight is 266 g/mol. The lowest BCUT2D eigenvalue weighted by atomic mass is 9.85. The molecule has 0 heteroatoms. The molecule has 2 aromatic rings.